The van der Waals surface area contributed by atoms with Crippen LogP contribution < -0.4 is 4.90 Å². The number of hydrogen-bond donors (Lipinski definition) is 0. The molecule has 1 aliphatic rings. The number of aromatic nitrogens is 1. The van der Waals surface area contributed by atoms with Crippen molar-refractivity contribution in [3.8, 4) is 11.1 Å². The topological polar surface area (TPSA) is 39.7 Å². The van der Waals surface area contributed by atoms with Gasteiger partial charge in [0.15, 0.2) is 0 Å². The summed E-state index contributed by atoms with van der Waals surface area (Å²) in [7, 11) is 3.56. The summed E-state index contributed by atoms with van der Waals surface area (Å²) in [5.74, 6) is 1.07. The predicted octanol–water partition coefficient (Wildman–Crippen LogP) is 3.29. The molecule has 2 aromatic rings. The summed E-state index contributed by atoms with van der Waals surface area (Å²) in [5.41, 5.74) is 3.78. The van der Waals surface area contributed by atoms with E-state index in [0.29, 0.717) is 11.6 Å². The lowest BCUT2D eigenvalue weighted by Crippen LogP contribution is -2.49. The fourth-order valence-electron chi connectivity index (χ4n) is 3.66. The van der Waals surface area contributed by atoms with Gasteiger partial charge in [0, 0.05) is 63.6 Å². The Kier molecular flexibility index (Phi) is 5.80. The Bertz CT molecular complexity index is 808. The van der Waals surface area contributed by atoms with Crippen molar-refractivity contribution in [1.29, 1.82) is 0 Å². The minimum absolute atomic E-state index is 0.0112. The number of amides is 1. The van der Waals surface area contributed by atoms with E-state index in [0.717, 1.165) is 48.7 Å². The molecule has 0 aliphatic carbocycles. The number of pyridine rings is 1. The second-order valence-corrected chi connectivity index (χ2v) is 7.73. The Hall–Kier alpha value is -2.40. The zero-order chi connectivity index (χ0) is 19.6. The summed E-state index contributed by atoms with van der Waals surface area (Å²) in [5, 5.41) is 0. The van der Waals surface area contributed by atoms with Gasteiger partial charge in [-0.05, 0) is 44.0 Å². The van der Waals surface area contributed by atoms with E-state index in [4.69, 9.17) is 4.98 Å². The van der Waals surface area contributed by atoms with Crippen molar-refractivity contribution in [2.75, 3.05) is 45.2 Å². The molecule has 0 N–H and O–H groups in total. The molecule has 27 heavy (non-hydrogen) atoms. The zero-order valence-corrected chi connectivity index (χ0v) is 17.1. The first-order valence-electron chi connectivity index (χ1n) is 9.65. The van der Waals surface area contributed by atoms with Gasteiger partial charge < -0.3 is 9.80 Å². The molecule has 0 spiro atoms. The molecule has 5 heteroatoms. The lowest BCUT2D eigenvalue weighted by atomic mass is 9.99. The van der Waals surface area contributed by atoms with E-state index in [2.05, 4.69) is 36.6 Å². The number of benzene rings is 1. The molecular formula is C22H30N4O. The normalized spacial score (nSPS) is 15.3. The first-order chi connectivity index (χ1) is 12.9. The van der Waals surface area contributed by atoms with Gasteiger partial charge in [-0.2, -0.15) is 0 Å². The number of hydrogen-bond acceptors (Lipinski definition) is 4. The number of carbonyl (C=O) groups excluding carboxylic acids is 1. The van der Waals surface area contributed by atoms with Crippen LogP contribution in [0.4, 0.5) is 5.82 Å². The van der Waals surface area contributed by atoms with Crippen LogP contribution in [0.3, 0.4) is 0 Å². The van der Waals surface area contributed by atoms with Crippen LogP contribution in [-0.4, -0.2) is 67.0 Å². The Morgan fingerprint density at radius 2 is 1.78 bits per heavy atom. The van der Waals surface area contributed by atoms with Gasteiger partial charge in [0.25, 0.3) is 5.91 Å². The van der Waals surface area contributed by atoms with Crippen LogP contribution in [0.1, 0.15) is 29.8 Å². The molecular weight excluding hydrogens is 336 g/mol. The van der Waals surface area contributed by atoms with Crippen LogP contribution in [0, 0.1) is 6.92 Å². The standard InChI is InChI=1S/C22H30N4O/c1-16(2)25-10-12-26(13-11-25)21-17(3)14-18(15-23-21)19-8-6-7-9-20(19)22(27)24(4)5/h6-9,14-16H,10-13H2,1-5H3. The SMILES string of the molecule is Cc1cc(-c2ccccc2C(=O)N(C)C)cnc1N1CCN(C(C)C)CC1. The van der Waals surface area contributed by atoms with Crippen LogP contribution in [0.5, 0.6) is 0 Å². The van der Waals surface area contributed by atoms with E-state index in [1.54, 1.807) is 19.0 Å². The summed E-state index contributed by atoms with van der Waals surface area (Å²) in [6, 6.07) is 10.5. The van der Waals surface area contributed by atoms with Crippen molar-refractivity contribution < 1.29 is 4.79 Å². The highest BCUT2D eigenvalue weighted by Gasteiger charge is 2.21. The predicted molar refractivity (Wildman–Crippen MR) is 111 cm³/mol. The molecule has 2 heterocycles. The first kappa shape index (κ1) is 19.4. The highest BCUT2D eigenvalue weighted by atomic mass is 16.2. The molecule has 1 aromatic heterocycles. The van der Waals surface area contributed by atoms with Gasteiger partial charge in [0.2, 0.25) is 0 Å². The van der Waals surface area contributed by atoms with Crippen molar-refractivity contribution in [2.45, 2.75) is 26.8 Å². The number of piperazine rings is 1. The van der Waals surface area contributed by atoms with Crippen LogP contribution in [0.2, 0.25) is 0 Å². The van der Waals surface area contributed by atoms with E-state index in [1.807, 2.05) is 30.5 Å². The van der Waals surface area contributed by atoms with E-state index >= 15 is 0 Å². The summed E-state index contributed by atoms with van der Waals surface area (Å²) >= 11 is 0. The van der Waals surface area contributed by atoms with Crippen molar-refractivity contribution >= 4 is 11.7 Å². The average Bonchev–Trinajstić information content (AvgIpc) is 2.67. The van der Waals surface area contributed by atoms with E-state index in [1.165, 1.54) is 0 Å². The van der Waals surface area contributed by atoms with Gasteiger partial charge in [-0.1, -0.05) is 18.2 Å². The summed E-state index contributed by atoms with van der Waals surface area (Å²) in [4.78, 5) is 23.8. The van der Waals surface area contributed by atoms with Gasteiger partial charge in [0.1, 0.15) is 5.82 Å². The van der Waals surface area contributed by atoms with Gasteiger partial charge in [-0.25, -0.2) is 4.98 Å². The summed E-state index contributed by atoms with van der Waals surface area (Å²) in [6.07, 6.45) is 1.90. The van der Waals surface area contributed by atoms with Gasteiger partial charge in [-0.3, -0.25) is 9.69 Å². The van der Waals surface area contributed by atoms with Crippen LogP contribution in [-0.2, 0) is 0 Å². The van der Waals surface area contributed by atoms with Crippen molar-refractivity contribution in [2.24, 2.45) is 0 Å². The Balaban J connectivity index is 1.86. The minimum atomic E-state index is 0.0112. The second-order valence-electron chi connectivity index (χ2n) is 7.73. The summed E-state index contributed by atoms with van der Waals surface area (Å²) < 4.78 is 0. The summed E-state index contributed by atoms with van der Waals surface area (Å²) in [6.45, 7) is 10.8. The first-order valence-corrected chi connectivity index (χ1v) is 9.65. The zero-order valence-electron chi connectivity index (χ0n) is 17.1. The largest absolute Gasteiger partial charge is 0.354 e. The van der Waals surface area contributed by atoms with Crippen molar-refractivity contribution in [1.82, 2.24) is 14.8 Å². The van der Waals surface area contributed by atoms with Crippen molar-refractivity contribution in [3.05, 3.63) is 47.7 Å². The lowest BCUT2D eigenvalue weighted by molar-refractivity contribution is 0.0828. The number of anilines is 1. The molecule has 144 valence electrons. The molecule has 5 nitrogen and oxygen atoms in total. The van der Waals surface area contributed by atoms with Crippen LogP contribution >= 0.6 is 0 Å². The fourth-order valence-corrected chi connectivity index (χ4v) is 3.66. The number of aryl methyl sites for hydroxylation is 1. The maximum absolute atomic E-state index is 12.5. The van der Waals surface area contributed by atoms with E-state index in [-0.39, 0.29) is 5.91 Å². The second kappa shape index (κ2) is 8.09. The third-order valence-electron chi connectivity index (χ3n) is 5.27. The molecule has 1 amide bonds. The maximum Gasteiger partial charge on any atom is 0.253 e. The van der Waals surface area contributed by atoms with Crippen LogP contribution in [0.15, 0.2) is 36.5 Å². The quantitative estimate of drug-likeness (QED) is 0.832. The van der Waals surface area contributed by atoms with Gasteiger partial charge in [-0.15, -0.1) is 0 Å². The van der Waals surface area contributed by atoms with Gasteiger partial charge in [0.05, 0.1) is 0 Å². The Morgan fingerprint density at radius 1 is 1.11 bits per heavy atom. The molecule has 1 fully saturated rings. The monoisotopic (exact) mass is 366 g/mol. The molecule has 0 unspecified atom stereocenters. The van der Waals surface area contributed by atoms with Crippen molar-refractivity contribution in [3.63, 3.8) is 0 Å². The average molecular weight is 367 g/mol. The number of rotatable bonds is 4. The molecule has 0 saturated carbocycles. The Labute approximate surface area is 162 Å². The minimum Gasteiger partial charge on any atom is -0.354 e. The molecule has 1 aliphatic heterocycles. The van der Waals surface area contributed by atoms with E-state index < -0.39 is 0 Å². The Morgan fingerprint density at radius 3 is 2.37 bits per heavy atom. The van der Waals surface area contributed by atoms with Crippen LogP contribution in [0.25, 0.3) is 11.1 Å². The molecule has 0 bridgehead atoms. The molecule has 1 aromatic carbocycles. The van der Waals surface area contributed by atoms with Gasteiger partial charge >= 0.3 is 0 Å². The third kappa shape index (κ3) is 4.14. The number of carbonyl (C=O) groups is 1. The highest BCUT2D eigenvalue weighted by molar-refractivity contribution is 6.00. The molecule has 1 saturated heterocycles. The fraction of sp³-hybridized carbons (Fsp3) is 0.455. The van der Waals surface area contributed by atoms with E-state index in [9.17, 15) is 4.79 Å². The molecule has 0 radical (unpaired) electrons. The smallest absolute Gasteiger partial charge is 0.253 e. The number of nitrogens with zero attached hydrogens (tertiary/aromatic N) is 4. The third-order valence-corrected chi connectivity index (χ3v) is 5.27. The molecule has 0 atom stereocenters. The molecule has 3 rings (SSSR count). The maximum atomic E-state index is 12.5. The lowest BCUT2D eigenvalue weighted by Gasteiger charge is -2.38. The highest BCUT2D eigenvalue weighted by Crippen LogP contribution is 2.28.